The van der Waals surface area contributed by atoms with Gasteiger partial charge in [-0.2, -0.15) is 5.10 Å². The highest BCUT2D eigenvalue weighted by Gasteiger charge is 2.51. The first-order valence-corrected chi connectivity index (χ1v) is 8.55. The summed E-state index contributed by atoms with van der Waals surface area (Å²) in [6.45, 7) is 0.403. The molecule has 1 aromatic carbocycles. The number of hydrogen-bond donors (Lipinski definition) is 1. The molecule has 1 saturated carbocycles. The molecule has 6 heteroatoms. The van der Waals surface area contributed by atoms with Crippen LogP contribution in [0.15, 0.2) is 55.0 Å². The quantitative estimate of drug-likeness (QED) is 0.770. The number of benzene rings is 1. The molecule has 1 aliphatic carbocycles. The Kier molecular flexibility index (Phi) is 4.03. The zero-order valence-electron chi connectivity index (χ0n) is 14.4. The molecular weight excluding hydrogens is 331 g/mol. The Morgan fingerprint density at radius 2 is 2.00 bits per heavy atom. The van der Waals surface area contributed by atoms with E-state index in [2.05, 4.69) is 15.4 Å². The fraction of sp³-hybridized carbons (Fsp3) is 0.250. The minimum atomic E-state index is -0.513. The minimum Gasteiger partial charge on any atom is -0.351 e. The van der Waals surface area contributed by atoms with Crippen LogP contribution >= 0.6 is 0 Å². The molecule has 0 unspecified atom stereocenters. The second-order valence-electron chi connectivity index (χ2n) is 6.69. The third kappa shape index (κ3) is 2.98. The Bertz CT molecular complexity index is 944. The SMILES string of the molecule is Cn1nccc1-c1cncc(CNC(=O)C2(c3ccc(F)cc3)CC2)c1. The zero-order valence-corrected chi connectivity index (χ0v) is 14.4. The van der Waals surface area contributed by atoms with Gasteiger partial charge in [0.15, 0.2) is 0 Å². The van der Waals surface area contributed by atoms with Crippen molar-refractivity contribution in [2.24, 2.45) is 7.05 Å². The number of pyridine rings is 1. The van der Waals surface area contributed by atoms with E-state index >= 15 is 0 Å². The van der Waals surface area contributed by atoms with Gasteiger partial charge in [0, 0.05) is 37.7 Å². The molecule has 1 amide bonds. The summed E-state index contributed by atoms with van der Waals surface area (Å²) < 4.78 is 14.9. The number of carbonyl (C=O) groups is 1. The molecule has 1 N–H and O–H groups in total. The number of amides is 1. The second kappa shape index (κ2) is 6.37. The van der Waals surface area contributed by atoms with Crippen LogP contribution in [0.4, 0.5) is 4.39 Å². The summed E-state index contributed by atoms with van der Waals surface area (Å²) in [5, 5.41) is 7.18. The van der Waals surface area contributed by atoms with Gasteiger partial charge in [0.1, 0.15) is 5.82 Å². The third-order valence-corrected chi connectivity index (χ3v) is 4.95. The molecule has 1 fully saturated rings. The lowest BCUT2D eigenvalue weighted by Crippen LogP contribution is -2.34. The summed E-state index contributed by atoms with van der Waals surface area (Å²) >= 11 is 0. The van der Waals surface area contributed by atoms with Gasteiger partial charge in [-0.25, -0.2) is 4.39 Å². The molecule has 0 bridgehead atoms. The topological polar surface area (TPSA) is 59.8 Å². The number of nitrogens with zero attached hydrogens (tertiary/aromatic N) is 3. The first-order chi connectivity index (χ1) is 12.6. The number of nitrogens with one attached hydrogen (secondary N) is 1. The van der Waals surface area contributed by atoms with E-state index in [9.17, 15) is 9.18 Å². The van der Waals surface area contributed by atoms with Gasteiger partial charge < -0.3 is 5.32 Å². The van der Waals surface area contributed by atoms with E-state index in [-0.39, 0.29) is 11.7 Å². The van der Waals surface area contributed by atoms with E-state index in [1.165, 1.54) is 12.1 Å². The maximum absolute atomic E-state index is 13.1. The standard InChI is InChI=1S/C20H19FN4O/c1-25-18(6-9-24-25)15-10-14(11-22-13-15)12-23-19(26)20(7-8-20)16-2-4-17(21)5-3-16/h2-6,9-11,13H,7-8,12H2,1H3,(H,23,26). The van der Waals surface area contributed by atoms with E-state index in [0.29, 0.717) is 6.54 Å². The molecule has 1 aliphatic rings. The predicted molar refractivity (Wildman–Crippen MR) is 95.6 cm³/mol. The van der Waals surface area contributed by atoms with Crippen molar-refractivity contribution >= 4 is 5.91 Å². The normalized spacial score (nSPS) is 14.8. The Balaban J connectivity index is 1.47. The summed E-state index contributed by atoms with van der Waals surface area (Å²) in [5.74, 6) is -0.307. The van der Waals surface area contributed by atoms with Crippen LogP contribution in [0.5, 0.6) is 0 Å². The molecule has 0 atom stereocenters. The molecule has 4 rings (SSSR count). The van der Waals surface area contributed by atoms with Gasteiger partial charge in [-0.15, -0.1) is 0 Å². The molecule has 2 heterocycles. The highest BCUT2D eigenvalue weighted by atomic mass is 19.1. The number of aryl methyl sites for hydroxylation is 1. The Labute approximate surface area is 150 Å². The van der Waals surface area contributed by atoms with Gasteiger partial charge in [0.05, 0.1) is 11.1 Å². The van der Waals surface area contributed by atoms with Crippen molar-refractivity contribution in [3.63, 3.8) is 0 Å². The highest BCUT2D eigenvalue weighted by Crippen LogP contribution is 2.48. The van der Waals surface area contributed by atoms with Crippen LogP contribution in [-0.4, -0.2) is 20.7 Å². The lowest BCUT2D eigenvalue weighted by Gasteiger charge is -2.16. The van der Waals surface area contributed by atoms with Gasteiger partial charge in [-0.3, -0.25) is 14.5 Å². The van der Waals surface area contributed by atoms with Crippen molar-refractivity contribution in [2.75, 3.05) is 0 Å². The van der Waals surface area contributed by atoms with E-state index < -0.39 is 5.41 Å². The number of aromatic nitrogens is 3. The van der Waals surface area contributed by atoms with Crippen LogP contribution in [-0.2, 0) is 23.8 Å². The maximum atomic E-state index is 13.1. The zero-order chi connectivity index (χ0) is 18.1. The van der Waals surface area contributed by atoms with Crippen molar-refractivity contribution in [3.05, 3.63) is 71.9 Å². The summed E-state index contributed by atoms with van der Waals surface area (Å²) in [7, 11) is 1.88. The van der Waals surface area contributed by atoms with Crippen molar-refractivity contribution in [1.82, 2.24) is 20.1 Å². The molecule has 0 spiro atoms. The van der Waals surface area contributed by atoms with Crippen molar-refractivity contribution < 1.29 is 9.18 Å². The number of halogens is 1. The minimum absolute atomic E-state index is 0.0185. The predicted octanol–water partition coefficient (Wildman–Crippen LogP) is 2.97. The average Bonchev–Trinajstić information content (AvgIpc) is 3.36. The first kappa shape index (κ1) is 16.4. The molecule has 2 aromatic heterocycles. The number of rotatable bonds is 5. The monoisotopic (exact) mass is 350 g/mol. The maximum Gasteiger partial charge on any atom is 0.230 e. The smallest absolute Gasteiger partial charge is 0.230 e. The Morgan fingerprint density at radius 1 is 1.23 bits per heavy atom. The third-order valence-electron chi connectivity index (χ3n) is 4.95. The molecule has 26 heavy (non-hydrogen) atoms. The van der Waals surface area contributed by atoms with Crippen molar-refractivity contribution in [2.45, 2.75) is 24.8 Å². The van der Waals surface area contributed by atoms with Gasteiger partial charge in [0.2, 0.25) is 5.91 Å². The van der Waals surface area contributed by atoms with Crippen LogP contribution in [0.1, 0.15) is 24.0 Å². The molecule has 0 radical (unpaired) electrons. The molecule has 5 nitrogen and oxygen atoms in total. The largest absolute Gasteiger partial charge is 0.351 e. The van der Waals surface area contributed by atoms with E-state index in [0.717, 1.165) is 35.2 Å². The average molecular weight is 350 g/mol. The summed E-state index contributed by atoms with van der Waals surface area (Å²) in [6, 6.07) is 10.1. The summed E-state index contributed by atoms with van der Waals surface area (Å²) in [6.07, 6.45) is 6.85. The highest BCUT2D eigenvalue weighted by molar-refractivity contribution is 5.91. The lowest BCUT2D eigenvalue weighted by molar-refractivity contribution is -0.123. The summed E-state index contributed by atoms with van der Waals surface area (Å²) in [5.41, 5.74) is 3.21. The fourth-order valence-electron chi connectivity index (χ4n) is 3.27. The molecule has 3 aromatic rings. The number of hydrogen-bond acceptors (Lipinski definition) is 3. The van der Waals surface area contributed by atoms with E-state index in [1.54, 1.807) is 35.4 Å². The Morgan fingerprint density at radius 3 is 2.65 bits per heavy atom. The Hall–Kier alpha value is -3.02. The van der Waals surface area contributed by atoms with E-state index in [4.69, 9.17) is 0 Å². The second-order valence-corrected chi connectivity index (χ2v) is 6.69. The van der Waals surface area contributed by atoms with Crippen molar-refractivity contribution in [3.8, 4) is 11.3 Å². The van der Waals surface area contributed by atoms with Crippen molar-refractivity contribution in [1.29, 1.82) is 0 Å². The van der Waals surface area contributed by atoms with Crippen LogP contribution in [0.2, 0.25) is 0 Å². The molecule has 0 saturated heterocycles. The fourth-order valence-corrected chi connectivity index (χ4v) is 3.27. The van der Waals surface area contributed by atoms with Crippen LogP contribution < -0.4 is 5.32 Å². The van der Waals surface area contributed by atoms with Gasteiger partial charge in [-0.1, -0.05) is 12.1 Å². The molecule has 0 aliphatic heterocycles. The lowest BCUT2D eigenvalue weighted by atomic mass is 9.95. The van der Waals surface area contributed by atoms with Crippen LogP contribution in [0, 0.1) is 5.82 Å². The van der Waals surface area contributed by atoms with Crippen LogP contribution in [0.3, 0.4) is 0 Å². The van der Waals surface area contributed by atoms with Gasteiger partial charge >= 0.3 is 0 Å². The molecular formula is C20H19FN4O. The van der Waals surface area contributed by atoms with E-state index in [1.807, 2.05) is 19.2 Å². The molecule has 132 valence electrons. The van der Waals surface area contributed by atoms with Gasteiger partial charge in [0.25, 0.3) is 0 Å². The van der Waals surface area contributed by atoms with Crippen LogP contribution in [0.25, 0.3) is 11.3 Å². The summed E-state index contributed by atoms with van der Waals surface area (Å²) in [4.78, 5) is 17.0. The number of carbonyl (C=O) groups excluding carboxylic acids is 1. The first-order valence-electron chi connectivity index (χ1n) is 8.55. The van der Waals surface area contributed by atoms with Gasteiger partial charge in [-0.05, 0) is 48.2 Å².